The number of nitrogens with zero attached hydrogens (tertiary/aromatic N) is 2. The number of imide groups is 1. The fraction of sp³-hybridized carbons (Fsp3) is 0.545. The fourth-order valence-electron chi connectivity index (χ4n) is 2.07. The normalized spacial score (nSPS) is 23.7. The van der Waals surface area contributed by atoms with Gasteiger partial charge in [-0.3, -0.25) is 4.79 Å². The highest BCUT2D eigenvalue weighted by Gasteiger charge is 2.38. The van der Waals surface area contributed by atoms with Crippen molar-refractivity contribution in [1.29, 1.82) is 0 Å². The van der Waals surface area contributed by atoms with E-state index in [0.29, 0.717) is 10.8 Å². The summed E-state index contributed by atoms with van der Waals surface area (Å²) in [6.45, 7) is 2.13. The summed E-state index contributed by atoms with van der Waals surface area (Å²) < 4.78 is 0. The highest BCUT2D eigenvalue weighted by atomic mass is 32.1. The first kappa shape index (κ1) is 10.7. The van der Waals surface area contributed by atoms with Crippen molar-refractivity contribution in [3.05, 3.63) is 15.6 Å². The second kappa shape index (κ2) is 3.53. The van der Waals surface area contributed by atoms with Crippen LogP contribution in [0.1, 0.15) is 52.0 Å². The number of carboxylic acid groups (broad SMARTS) is 1. The molecule has 0 radical (unpaired) electrons. The molecule has 1 saturated carbocycles. The minimum Gasteiger partial charge on any atom is -0.465 e. The Morgan fingerprint density at radius 3 is 2.82 bits per heavy atom. The number of fused-ring (bicyclic) bond motifs is 1. The lowest BCUT2D eigenvalue weighted by Crippen LogP contribution is -2.42. The predicted molar refractivity (Wildman–Crippen MR) is 61.6 cm³/mol. The number of hydrogen-bond acceptors (Lipinski definition) is 4. The van der Waals surface area contributed by atoms with Gasteiger partial charge in [-0.2, -0.15) is 0 Å². The van der Waals surface area contributed by atoms with Gasteiger partial charge in [-0.25, -0.2) is 14.7 Å². The third kappa shape index (κ3) is 1.63. The number of aromatic nitrogens is 1. The van der Waals surface area contributed by atoms with Gasteiger partial charge in [0.15, 0.2) is 0 Å². The lowest BCUT2D eigenvalue weighted by molar-refractivity contribution is 0.0716. The van der Waals surface area contributed by atoms with Crippen LogP contribution in [-0.2, 0) is 0 Å². The van der Waals surface area contributed by atoms with Crippen LogP contribution in [0.3, 0.4) is 0 Å². The van der Waals surface area contributed by atoms with Crippen LogP contribution in [-0.4, -0.2) is 33.5 Å². The zero-order chi connectivity index (χ0) is 12.2. The van der Waals surface area contributed by atoms with Gasteiger partial charge in [0.25, 0.3) is 5.91 Å². The van der Waals surface area contributed by atoms with Gasteiger partial charge in [-0.1, -0.05) is 6.92 Å². The molecule has 2 heterocycles. The summed E-state index contributed by atoms with van der Waals surface area (Å²) in [5.41, 5.74) is 0.791. The topological polar surface area (TPSA) is 70.5 Å². The summed E-state index contributed by atoms with van der Waals surface area (Å²) in [7, 11) is 0. The Balaban J connectivity index is 2.02. The van der Waals surface area contributed by atoms with Gasteiger partial charge in [-0.15, -0.1) is 11.3 Å². The molecule has 5 nitrogen and oxygen atoms in total. The SMILES string of the molecule is C[C@@H]1CN(C(=O)O)C(=O)c2sc(C3CC3)nc21. The summed E-state index contributed by atoms with van der Waals surface area (Å²) in [6, 6.07) is 0. The summed E-state index contributed by atoms with van der Waals surface area (Å²) in [5, 5.41) is 9.97. The lowest BCUT2D eigenvalue weighted by atomic mass is 10.0. The number of carbonyl (C=O) groups is 2. The first-order chi connectivity index (χ1) is 8.08. The van der Waals surface area contributed by atoms with Gasteiger partial charge in [0.2, 0.25) is 0 Å². The van der Waals surface area contributed by atoms with Crippen LogP contribution in [0.5, 0.6) is 0 Å². The number of amides is 2. The molecule has 0 spiro atoms. The van der Waals surface area contributed by atoms with Crippen molar-refractivity contribution in [2.45, 2.75) is 31.6 Å². The molecule has 1 aliphatic carbocycles. The molecule has 0 aromatic carbocycles. The summed E-state index contributed by atoms with van der Waals surface area (Å²) in [4.78, 5) is 28.9. The fourth-order valence-corrected chi connectivity index (χ4v) is 3.38. The van der Waals surface area contributed by atoms with Gasteiger partial charge in [0.05, 0.1) is 10.7 Å². The highest BCUT2D eigenvalue weighted by Crippen LogP contribution is 2.44. The van der Waals surface area contributed by atoms with Crippen molar-refractivity contribution in [1.82, 2.24) is 9.88 Å². The van der Waals surface area contributed by atoms with Crippen LogP contribution >= 0.6 is 11.3 Å². The molecule has 17 heavy (non-hydrogen) atoms. The average Bonchev–Trinajstić information content (AvgIpc) is 3.02. The predicted octanol–water partition coefficient (Wildman–Crippen LogP) is 2.26. The maximum atomic E-state index is 12.0. The molecule has 1 aromatic heterocycles. The zero-order valence-electron chi connectivity index (χ0n) is 9.34. The average molecular weight is 252 g/mol. The maximum absolute atomic E-state index is 12.0. The van der Waals surface area contributed by atoms with Crippen LogP contribution in [0, 0.1) is 0 Å². The van der Waals surface area contributed by atoms with Crippen LogP contribution in [0.2, 0.25) is 0 Å². The maximum Gasteiger partial charge on any atom is 0.414 e. The lowest BCUT2D eigenvalue weighted by Gasteiger charge is -2.25. The van der Waals surface area contributed by atoms with E-state index in [2.05, 4.69) is 4.98 Å². The molecule has 0 unspecified atom stereocenters. The Labute approximate surface area is 102 Å². The molecule has 6 heteroatoms. The van der Waals surface area contributed by atoms with Crippen molar-refractivity contribution in [3.63, 3.8) is 0 Å². The van der Waals surface area contributed by atoms with Crippen molar-refractivity contribution in [2.75, 3.05) is 6.54 Å². The van der Waals surface area contributed by atoms with Crippen LogP contribution in [0.25, 0.3) is 0 Å². The van der Waals surface area contributed by atoms with Gasteiger partial charge >= 0.3 is 6.09 Å². The molecule has 1 fully saturated rings. The van der Waals surface area contributed by atoms with E-state index < -0.39 is 12.0 Å². The molecule has 2 aliphatic rings. The standard InChI is InChI=1S/C11H12N2O3S/c1-5-4-13(11(15)16)10(14)8-7(5)12-9(17-8)6-2-3-6/h5-6H,2-4H2,1H3,(H,15,16)/t5-/m1/s1. The molecular weight excluding hydrogens is 240 g/mol. The largest absolute Gasteiger partial charge is 0.465 e. The zero-order valence-corrected chi connectivity index (χ0v) is 10.2. The second-order valence-corrected chi connectivity index (χ2v) is 5.67. The molecule has 1 aromatic rings. The summed E-state index contributed by atoms with van der Waals surface area (Å²) in [6.07, 6.45) is 1.10. The van der Waals surface area contributed by atoms with E-state index in [1.165, 1.54) is 11.3 Å². The molecule has 0 bridgehead atoms. The molecular formula is C11H12N2O3S. The highest BCUT2D eigenvalue weighted by molar-refractivity contribution is 7.14. The van der Waals surface area contributed by atoms with E-state index in [0.717, 1.165) is 28.4 Å². The Bertz CT molecular complexity index is 507. The van der Waals surface area contributed by atoms with Gasteiger partial charge in [0.1, 0.15) is 4.88 Å². The van der Waals surface area contributed by atoms with E-state index in [-0.39, 0.29) is 12.5 Å². The minimum absolute atomic E-state index is 0.00236. The molecule has 1 N–H and O–H groups in total. The Morgan fingerprint density at radius 1 is 1.53 bits per heavy atom. The Hall–Kier alpha value is -1.43. The first-order valence-corrected chi connectivity index (χ1v) is 6.45. The van der Waals surface area contributed by atoms with Crippen LogP contribution in [0.4, 0.5) is 4.79 Å². The third-order valence-corrected chi connectivity index (χ3v) is 4.41. The van der Waals surface area contributed by atoms with E-state index in [4.69, 9.17) is 5.11 Å². The molecule has 1 atom stereocenters. The number of rotatable bonds is 1. The number of carbonyl (C=O) groups excluding carboxylic acids is 1. The second-order valence-electron chi connectivity index (χ2n) is 4.64. The van der Waals surface area contributed by atoms with Crippen molar-refractivity contribution in [2.24, 2.45) is 0 Å². The molecule has 2 amide bonds. The minimum atomic E-state index is -1.17. The van der Waals surface area contributed by atoms with Gasteiger partial charge in [0, 0.05) is 18.4 Å². The van der Waals surface area contributed by atoms with Crippen molar-refractivity contribution in [3.8, 4) is 0 Å². The number of hydrogen-bond donors (Lipinski definition) is 1. The smallest absolute Gasteiger partial charge is 0.414 e. The Kier molecular flexibility index (Phi) is 2.22. The molecule has 1 aliphatic heterocycles. The van der Waals surface area contributed by atoms with E-state index in [9.17, 15) is 9.59 Å². The van der Waals surface area contributed by atoms with Crippen molar-refractivity contribution < 1.29 is 14.7 Å². The monoisotopic (exact) mass is 252 g/mol. The number of thiazole rings is 1. The van der Waals surface area contributed by atoms with Gasteiger partial charge < -0.3 is 5.11 Å². The van der Waals surface area contributed by atoms with E-state index >= 15 is 0 Å². The van der Waals surface area contributed by atoms with E-state index in [1.54, 1.807) is 0 Å². The Morgan fingerprint density at radius 2 is 2.24 bits per heavy atom. The molecule has 0 saturated heterocycles. The van der Waals surface area contributed by atoms with Gasteiger partial charge in [-0.05, 0) is 12.8 Å². The molecule has 3 rings (SSSR count). The summed E-state index contributed by atoms with van der Waals surface area (Å²) >= 11 is 1.37. The molecule has 90 valence electrons. The van der Waals surface area contributed by atoms with Crippen LogP contribution in [0.15, 0.2) is 0 Å². The van der Waals surface area contributed by atoms with Crippen LogP contribution < -0.4 is 0 Å². The van der Waals surface area contributed by atoms with E-state index in [1.807, 2.05) is 6.92 Å². The quantitative estimate of drug-likeness (QED) is 0.832. The first-order valence-electron chi connectivity index (χ1n) is 5.63. The summed E-state index contributed by atoms with van der Waals surface area (Å²) in [5.74, 6) is 0.0985. The van der Waals surface area contributed by atoms with Crippen molar-refractivity contribution >= 4 is 23.3 Å². The third-order valence-electron chi connectivity index (χ3n) is 3.19.